The number of carbonyl (C=O) groups excluding carboxylic acids is 2. The molecule has 0 aromatic heterocycles. The van der Waals surface area contributed by atoms with Crippen molar-refractivity contribution >= 4 is 23.2 Å². The summed E-state index contributed by atoms with van der Waals surface area (Å²) in [6.45, 7) is 0. The van der Waals surface area contributed by atoms with Gasteiger partial charge in [-0.3, -0.25) is 9.59 Å². The monoisotopic (exact) mass is 311 g/mol. The molecule has 0 radical (unpaired) electrons. The Labute approximate surface area is 136 Å². The Morgan fingerprint density at radius 1 is 1.04 bits per heavy atom. The molecule has 0 fully saturated rings. The molecule has 2 rings (SSSR count). The maximum absolute atomic E-state index is 12.3. The molecule has 120 valence electrons. The van der Waals surface area contributed by atoms with Crippen LogP contribution in [0, 0.1) is 0 Å². The molecule has 2 N–H and O–H groups in total. The molecule has 5 heteroatoms. The van der Waals surface area contributed by atoms with Gasteiger partial charge in [-0.05, 0) is 35.9 Å². The smallest absolute Gasteiger partial charge is 0.255 e. The highest BCUT2D eigenvalue weighted by Gasteiger charge is 2.08. The minimum absolute atomic E-state index is 0.0396. The predicted octanol–water partition coefficient (Wildman–Crippen LogP) is 2.29. The number of carbonyl (C=O) groups is 2. The van der Waals surface area contributed by atoms with Crippen molar-refractivity contribution in [1.82, 2.24) is 5.32 Å². The molecule has 2 aromatic carbocycles. The predicted molar refractivity (Wildman–Crippen MR) is 92.9 cm³/mol. The fourth-order valence-corrected chi connectivity index (χ4v) is 2.11. The third-order valence-corrected chi connectivity index (χ3v) is 3.48. The zero-order valence-electron chi connectivity index (χ0n) is 13.6. The molecule has 0 spiro atoms. The molecule has 0 bridgehead atoms. The van der Waals surface area contributed by atoms with Gasteiger partial charge >= 0.3 is 0 Å². The van der Waals surface area contributed by atoms with Crippen LogP contribution >= 0.6 is 0 Å². The van der Waals surface area contributed by atoms with E-state index in [1.807, 2.05) is 49.3 Å². The van der Waals surface area contributed by atoms with Gasteiger partial charge in [0.1, 0.15) is 0 Å². The van der Waals surface area contributed by atoms with Gasteiger partial charge in [-0.2, -0.15) is 0 Å². The zero-order chi connectivity index (χ0) is 16.8. The fourth-order valence-electron chi connectivity index (χ4n) is 2.11. The zero-order valence-corrected chi connectivity index (χ0v) is 13.6. The van der Waals surface area contributed by atoms with E-state index in [1.165, 1.54) is 0 Å². The molecule has 0 atom stereocenters. The second kappa shape index (κ2) is 7.45. The normalized spacial score (nSPS) is 10.0. The van der Waals surface area contributed by atoms with Crippen LogP contribution in [0.5, 0.6) is 0 Å². The number of rotatable bonds is 5. The van der Waals surface area contributed by atoms with Gasteiger partial charge in [-0.15, -0.1) is 0 Å². The standard InChI is InChI=1S/C18H21N3O2/c1-19-17(22)11-13-7-9-15(10-8-13)20-18(23)14-5-4-6-16(12-14)21(2)3/h4-10,12H,11H2,1-3H3,(H,19,22)(H,20,23). The fraction of sp³-hybridized carbons (Fsp3) is 0.222. The quantitative estimate of drug-likeness (QED) is 0.890. The topological polar surface area (TPSA) is 61.4 Å². The van der Waals surface area contributed by atoms with Crippen molar-refractivity contribution in [3.63, 3.8) is 0 Å². The van der Waals surface area contributed by atoms with Crippen LogP contribution in [0.15, 0.2) is 48.5 Å². The first-order chi connectivity index (χ1) is 11.0. The van der Waals surface area contributed by atoms with E-state index in [9.17, 15) is 9.59 Å². The maximum atomic E-state index is 12.3. The van der Waals surface area contributed by atoms with Crippen molar-refractivity contribution < 1.29 is 9.59 Å². The van der Waals surface area contributed by atoms with E-state index >= 15 is 0 Å². The summed E-state index contributed by atoms with van der Waals surface area (Å²) in [7, 11) is 5.48. The van der Waals surface area contributed by atoms with E-state index < -0.39 is 0 Å². The van der Waals surface area contributed by atoms with Crippen LogP contribution in [0.3, 0.4) is 0 Å². The summed E-state index contributed by atoms with van der Waals surface area (Å²) in [5, 5.41) is 5.44. The lowest BCUT2D eigenvalue weighted by Gasteiger charge is -2.13. The van der Waals surface area contributed by atoms with E-state index in [1.54, 1.807) is 25.2 Å². The number of amides is 2. The van der Waals surface area contributed by atoms with Crippen molar-refractivity contribution in [2.24, 2.45) is 0 Å². The Morgan fingerprint density at radius 2 is 1.74 bits per heavy atom. The SMILES string of the molecule is CNC(=O)Cc1ccc(NC(=O)c2cccc(N(C)C)c2)cc1. The van der Waals surface area contributed by atoms with Gasteiger partial charge in [0.15, 0.2) is 0 Å². The number of nitrogens with one attached hydrogen (secondary N) is 2. The Kier molecular flexibility index (Phi) is 5.36. The number of anilines is 2. The molecule has 2 amide bonds. The molecule has 0 aliphatic rings. The number of hydrogen-bond acceptors (Lipinski definition) is 3. The highest BCUT2D eigenvalue weighted by atomic mass is 16.2. The van der Waals surface area contributed by atoms with Crippen LogP contribution in [0.25, 0.3) is 0 Å². The van der Waals surface area contributed by atoms with E-state index in [-0.39, 0.29) is 11.8 Å². The minimum atomic E-state index is -0.159. The van der Waals surface area contributed by atoms with Gasteiger partial charge in [0, 0.05) is 38.1 Å². The van der Waals surface area contributed by atoms with Gasteiger partial charge in [0.25, 0.3) is 5.91 Å². The summed E-state index contributed by atoms with van der Waals surface area (Å²) >= 11 is 0. The first-order valence-corrected chi connectivity index (χ1v) is 7.38. The van der Waals surface area contributed by atoms with Crippen LogP contribution < -0.4 is 15.5 Å². The lowest BCUT2D eigenvalue weighted by Crippen LogP contribution is -2.19. The molecule has 0 heterocycles. The van der Waals surface area contributed by atoms with E-state index in [2.05, 4.69) is 10.6 Å². The molecule has 0 saturated carbocycles. The Hall–Kier alpha value is -2.82. The molecule has 0 saturated heterocycles. The first-order valence-electron chi connectivity index (χ1n) is 7.38. The third kappa shape index (κ3) is 4.57. The van der Waals surface area contributed by atoms with E-state index in [0.29, 0.717) is 17.7 Å². The van der Waals surface area contributed by atoms with Gasteiger partial charge < -0.3 is 15.5 Å². The van der Waals surface area contributed by atoms with Crippen molar-refractivity contribution in [3.05, 3.63) is 59.7 Å². The Bertz CT molecular complexity index is 694. The van der Waals surface area contributed by atoms with Gasteiger partial charge in [-0.25, -0.2) is 0 Å². The summed E-state index contributed by atoms with van der Waals surface area (Å²) in [6, 6.07) is 14.7. The molecule has 0 unspecified atom stereocenters. The first kappa shape index (κ1) is 16.5. The molecular formula is C18H21N3O2. The molecular weight excluding hydrogens is 290 g/mol. The second-order valence-electron chi connectivity index (χ2n) is 5.45. The van der Waals surface area contributed by atoms with Crippen molar-refractivity contribution in [1.29, 1.82) is 0 Å². The summed E-state index contributed by atoms with van der Waals surface area (Å²) in [5.74, 6) is -0.199. The van der Waals surface area contributed by atoms with Crippen LogP contribution in [0.2, 0.25) is 0 Å². The van der Waals surface area contributed by atoms with Crippen LogP contribution in [-0.4, -0.2) is 33.0 Å². The van der Waals surface area contributed by atoms with Gasteiger partial charge in [0.2, 0.25) is 5.91 Å². The van der Waals surface area contributed by atoms with Gasteiger partial charge in [-0.1, -0.05) is 18.2 Å². The highest BCUT2D eigenvalue weighted by Crippen LogP contribution is 2.16. The molecule has 5 nitrogen and oxygen atoms in total. The van der Waals surface area contributed by atoms with E-state index in [4.69, 9.17) is 0 Å². The van der Waals surface area contributed by atoms with Gasteiger partial charge in [0.05, 0.1) is 6.42 Å². The molecule has 0 aliphatic heterocycles. The number of nitrogens with zero attached hydrogens (tertiary/aromatic N) is 1. The maximum Gasteiger partial charge on any atom is 0.255 e. The van der Waals surface area contributed by atoms with Crippen molar-refractivity contribution in [3.8, 4) is 0 Å². The molecule has 23 heavy (non-hydrogen) atoms. The average molecular weight is 311 g/mol. The highest BCUT2D eigenvalue weighted by molar-refractivity contribution is 6.04. The van der Waals surface area contributed by atoms with Crippen molar-refractivity contribution in [2.75, 3.05) is 31.4 Å². The summed E-state index contributed by atoms with van der Waals surface area (Å²) in [6.07, 6.45) is 0.329. The second-order valence-corrected chi connectivity index (χ2v) is 5.45. The average Bonchev–Trinajstić information content (AvgIpc) is 2.56. The van der Waals surface area contributed by atoms with E-state index in [0.717, 1.165) is 11.3 Å². The lowest BCUT2D eigenvalue weighted by molar-refractivity contribution is -0.119. The lowest BCUT2D eigenvalue weighted by atomic mass is 10.1. The van der Waals surface area contributed by atoms with Crippen LogP contribution in [0.1, 0.15) is 15.9 Å². The number of hydrogen-bond donors (Lipinski definition) is 2. The largest absolute Gasteiger partial charge is 0.378 e. The summed E-state index contributed by atoms with van der Waals surface area (Å²) < 4.78 is 0. The number of benzene rings is 2. The summed E-state index contributed by atoms with van der Waals surface area (Å²) in [5.41, 5.74) is 3.17. The Balaban J connectivity index is 2.05. The number of likely N-dealkylation sites (N-methyl/N-ethyl adjacent to an activating group) is 1. The molecule has 2 aromatic rings. The Morgan fingerprint density at radius 3 is 2.35 bits per heavy atom. The minimum Gasteiger partial charge on any atom is -0.378 e. The summed E-state index contributed by atoms with van der Waals surface area (Å²) in [4.78, 5) is 25.6. The van der Waals surface area contributed by atoms with Crippen molar-refractivity contribution in [2.45, 2.75) is 6.42 Å². The third-order valence-electron chi connectivity index (χ3n) is 3.48. The van der Waals surface area contributed by atoms with Crippen LogP contribution in [0.4, 0.5) is 11.4 Å². The molecule has 0 aliphatic carbocycles. The van der Waals surface area contributed by atoms with Crippen LogP contribution in [-0.2, 0) is 11.2 Å².